The second kappa shape index (κ2) is 5.44. The highest BCUT2D eigenvalue weighted by atomic mass is 35.5. The van der Waals surface area contributed by atoms with E-state index < -0.39 is 0 Å². The molecular weight excluding hydrogens is 293 g/mol. The first kappa shape index (κ1) is 13.4. The van der Waals surface area contributed by atoms with Crippen molar-refractivity contribution in [2.75, 3.05) is 0 Å². The Labute approximate surface area is 127 Å². The minimum Gasteiger partial charge on any atom is -0.325 e. The van der Waals surface area contributed by atoms with E-state index in [0.29, 0.717) is 22.2 Å². The van der Waals surface area contributed by atoms with E-state index in [-0.39, 0.29) is 0 Å². The molecule has 0 aliphatic heterocycles. The van der Waals surface area contributed by atoms with Crippen LogP contribution in [-0.2, 0) is 13.0 Å². The molecular formula is C15H13Cl2N3. The van der Waals surface area contributed by atoms with Gasteiger partial charge < -0.3 is 5.73 Å². The highest BCUT2D eigenvalue weighted by molar-refractivity contribution is 6.36. The van der Waals surface area contributed by atoms with E-state index in [9.17, 15) is 0 Å². The summed E-state index contributed by atoms with van der Waals surface area (Å²) in [6.07, 6.45) is 2.52. The van der Waals surface area contributed by atoms with Gasteiger partial charge >= 0.3 is 0 Å². The van der Waals surface area contributed by atoms with Crippen LogP contribution >= 0.6 is 23.2 Å². The van der Waals surface area contributed by atoms with Crippen LogP contribution in [0.1, 0.15) is 17.0 Å². The Bertz CT molecular complexity index is 751. The molecule has 0 fully saturated rings. The van der Waals surface area contributed by atoms with Gasteiger partial charge in [-0.3, -0.25) is 4.40 Å². The molecule has 2 aromatic heterocycles. The fraction of sp³-hybridized carbons (Fsp3) is 0.133. The largest absolute Gasteiger partial charge is 0.325 e. The third kappa shape index (κ3) is 2.40. The summed E-state index contributed by atoms with van der Waals surface area (Å²) in [5.41, 5.74) is 9.62. The number of fused-ring (bicyclic) bond motifs is 1. The number of hydrogen-bond donors (Lipinski definition) is 1. The van der Waals surface area contributed by atoms with Crippen LogP contribution in [0.15, 0.2) is 42.6 Å². The van der Waals surface area contributed by atoms with Crippen LogP contribution in [0.2, 0.25) is 10.0 Å². The van der Waals surface area contributed by atoms with Crippen molar-refractivity contribution >= 4 is 28.8 Å². The minimum absolute atomic E-state index is 0.389. The maximum Gasteiger partial charge on any atom is 0.156 e. The summed E-state index contributed by atoms with van der Waals surface area (Å²) in [5.74, 6) is 0. The van der Waals surface area contributed by atoms with Gasteiger partial charge in [0.15, 0.2) is 5.65 Å². The third-order valence-electron chi connectivity index (χ3n) is 3.23. The van der Waals surface area contributed by atoms with Crippen molar-refractivity contribution in [3.63, 3.8) is 0 Å². The van der Waals surface area contributed by atoms with Crippen LogP contribution < -0.4 is 5.73 Å². The lowest BCUT2D eigenvalue weighted by Gasteiger charge is -2.03. The zero-order chi connectivity index (χ0) is 14.1. The SMILES string of the molecule is NCc1c(Cc2ccccc2)nc2c(Cl)cc(Cl)cn12. The predicted octanol–water partition coefficient (Wildman–Crippen LogP) is 3.69. The van der Waals surface area contributed by atoms with Gasteiger partial charge in [0.05, 0.1) is 21.4 Å². The molecule has 0 unspecified atom stereocenters. The topological polar surface area (TPSA) is 43.3 Å². The molecule has 1 aromatic carbocycles. The van der Waals surface area contributed by atoms with Crippen LogP contribution in [0, 0.1) is 0 Å². The average molecular weight is 306 g/mol. The summed E-state index contributed by atoms with van der Waals surface area (Å²) in [5, 5.41) is 1.10. The van der Waals surface area contributed by atoms with Crippen LogP contribution in [0.4, 0.5) is 0 Å². The molecule has 5 heteroatoms. The zero-order valence-corrected chi connectivity index (χ0v) is 12.2. The van der Waals surface area contributed by atoms with Gasteiger partial charge in [-0.1, -0.05) is 53.5 Å². The van der Waals surface area contributed by atoms with Gasteiger partial charge in [0.1, 0.15) is 0 Å². The van der Waals surface area contributed by atoms with Crippen molar-refractivity contribution in [2.45, 2.75) is 13.0 Å². The molecule has 20 heavy (non-hydrogen) atoms. The van der Waals surface area contributed by atoms with E-state index in [4.69, 9.17) is 28.9 Å². The number of pyridine rings is 1. The van der Waals surface area contributed by atoms with Crippen molar-refractivity contribution in [1.29, 1.82) is 0 Å². The zero-order valence-electron chi connectivity index (χ0n) is 10.7. The Balaban J connectivity index is 2.14. The van der Waals surface area contributed by atoms with E-state index in [1.807, 2.05) is 22.6 Å². The second-order valence-electron chi connectivity index (χ2n) is 4.57. The van der Waals surface area contributed by atoms with E-state index in [0.717, 1.165) is 17.8 Å². The standard InChI is InChI=1S/C15H13Cl2N3/c16-11-7-12(17)15-19-13(14(8-18)20(15)9-11)6-10-4-2-1-3-5-10/h1-5,7,9H,6,8,18H2. The first-order valence-electron chi connectivity index (χ1n) is 6.28. The number of nitrogens with two attached hydrogens (primary N) is 1. The lowest BCUT2D eigenvalue weighted by molar-refractivity contribution is 0.926. The summed E-state index contributed by atoms with van der Waals surface area (Å²) >= 11 is 12.2. The van der Waals surface area contributed by atoms with E-state index in [1.165, 1.54) is 5.56 Å². The van der Waals surface area contributed by atoms with Gasteiger partial charge in [-0.25, -0.2) is 4.98 Å². The van der Waals surface area contributed by atoms with Crippen molar-refractivity contribution in [3.8, 4) is 0 Å². The van der Waals surface area contributed by atoms with Crippen LogP contribution in [0.5, 0.6) is 0 Å². The maximum absolute atomic E-state index is 6.20. The van der Waals surface area contributed by atoms with Crippen molar-refractivity contribution in [3.05, 3.63) is 69.6 Å². The Morgan fingerprint density at radius 3 is 2.60 bits per heavy atom. The van der Waals surface area contributed by atoms with Gasteiger partial charge in [-0.05, 0) is 11.6 Å². The van der Waals surface area contributed by atoms with Gasteiger partial charge in [0.2, 0.25) is 0 Å². The molecule has 3 aromatic rings. The monoisotopic (exact) mass is 305 g/mol. The second-order valence-corrected chi connectivity index (χ2v) is 5.42. The van der Waals surface area contributed by atoms with Crippen molar-refractivity contribution < 1.29 is 0 Å². The van der Waals surface area contributed by atoms with Gasteiger partial charge in [-0.2, -0.15) is 0 Å². The number of hydrogen-bond acceptors (Lipinski definition) is 2. The van der Waals surface area contributed by atoms with Crippen molar-refractivity contribution in [2.24, 2.45) is 5.73 Å². The third-order valence-corrected chi connectivity index (χ3v) is 3.72. The molecule has 2 N–H and O–H groups in total. The number of imidazole rings is 1. The first-order chi connectivity index (χ1) is 9.69. The fourth-order valence-corrected chi connectivity index (χ4v) is 2.83. The number of aromatic nitrogens is 2. The molecule has 0 aliphatic carbocycles. The minimum atomic E-state index is 0.389. The van der Waals surface area contributed by atoms with Crippen LogP contribution in [0.25, 0.3) is 5.65 Å². The smallest absolute Gasteiger partial charge is 0.156 e. The van der Waals surface area contributed by atoms with Gasteiger partial charge in [0, 0.05) is 19.2 Å². The van der Waals surface area contributed by atoms with Crippen LogP contribution in [0.3, 0.4) is 0 Å². The number of halogens is 2. The Morgan fingerprint density at radius 1 is 1.15 bits per heavy atom. The summed E-state index contributed by atoms with van der Waals surface area (Å²) < 4.78 is 1.88. The first-order valence-corrected chi connectivity index (χ1v) is 7.03. The summed E-state index contributed by atoms with van der Waals surface area (Å²) in [4.78, 5) is 4.61. The number of nitrogens with zero attached hydrogens (tertiary/aromatic N) is 2. The summed E-state index contributed by atoms with van der Waals surface area (Å²) in [6, 6.07) is 11.8. The molecule has 0 saturated heterocycles. The van der Waals surface area contributed by atoms with E-state index in [2.05, 4.69) is 17.1 Å². The van der Waals surface area contributed by atoms with Crippen LogP contribution in [-0.4, -0.2) is 9.38 Å². The summed E-state index contributed by atoms with van der Waals surface area (Å²) in [6.45, 7) is 0.389. The molecule has 3 nitrogen and oxygen atoms in total. The number of benzene rings is 1. The predicted molar refractivity (Wildman–Crippen MR) is 82.4 cm³/mol. The van der Waals surface area contributed by atoms with E-state index >= 15 is 0 Å². The van der Waals surface area contributed by atoms with E-state index in [1.54, 1.807) is 12.3 Å². The molecule has 0 radical (unpaired) electrons. The fourth-order valence-electron chi connectivity index (χ4n) is 2.31. The molecule has 0 bridgehead atoms. The highest BCUT2D eigenvalue weighted by Crippen LogP contribution is 2.25. The Morgan fingerprint density at radius 2 is 1.90 bits per heavy atom. The van der Waals surface area contributed by atoms with Gasteiger partial charge in [0.25, 0.3) is 0 Å². The van der Waals surface area contributed by atoms with Gasteiger partial charge in [-0.15, -0.1) is 0 Å². The molecule has 2 heterocycles. The molecule has 3 rings (SSSR count). The molecule has 0 aliphatic rings. The molecule has 0 saturated carbocycles. The highest BCUT2D eigenvalue weighted by Gasteiger charge is 2.14. The molecule has 0 amide bonds. The molecule has 0 spiro atoms. The lowest BCUT2D eigenvalue weighted by atomic mass is 10.1. The Hall–Kier alpha value is -1.55. The Kier molecular flexibility index (Phi) is 3.66. The molecule has 0 atom stereocenters. The maximum atomic E-state index is 6.20. The molecule has 102 valence electrons. The quantitative estimate of drug-likeness (QED) is 0.802. The lowest BCUT2D eigenvalue weighted by Crippen LogP contribution is -2.04. The average Bonchev–Trinajstić information content (AvgIpc) is 2.77. The number of rotatable bonds is 3. The van der Waals surface area contributed by atoms with Crippen molar-refractivity contribution in [1.82, 2.24) is 9.38 Å². The normalized spacial score (nSPS) is 11.2. The summed E-state index contributed by atoms with van der Waals surface area (Å²) in [7, 11) is 0.